The number of aryl methyl sites for hydroxylation is 1. The quantitative estimate of drug-likeness (QED) is 0.701. The minimum Gasteiger partial charge on any atom is -0.465 e. The molecule has 5 nitrogen and oxygen atoms in total. The number of carbonyl (C=O) groups excluding carboxylic acids is 1. The molecule has 3 rings (SSSR count). The first-order valence-corrected chi connectivity index (χ1v) is 5.84. The second kappa shape index (κ2) is 3.94. The van der Waals surface area contributed by atoms with Crippen molar-refractivity contribution in [1.82, 2.24) is 9.38 Å². The van der Waals surface area contributed by atoms with Crippen LogP contribution >= 0.6 is 0 Å². The highest BCUT2D eigenvalue weighted by molar-refractivity contribution is 5.95. The van der Waals surface area contributed by atoms with E-state index in [1.54, 1.807) is 18.3 Å². The van der Waals surface area contributed by atoms with E-state index in [1.165, 1.54) is 11.5 Å². The Balaban J connectivity index is 2.39. The fraction of sp³-hybridized carbons (Fsp3) is 0.308. The van der Waals surface area contributed by atoms with Crippen LogP contribution in [0, 0.1) is 0 Å². The molecular weight excluding hydrogens is 232 g/mol. The summed E-state index contributed by atoms with van der Waals surface area (Å²) in [6, 6.07) is 3.28. The number of ether oxygens (including phenoxy) is 1. The summed E-state index contributed by atoms with van der Waals surface area (Å²) < 4.78 is 6.14. The van der Waals surface area contributed by atoms with Gasteiger partial charge in [0.25, 0.3) is 5.56 Å². The lowest BCUT2D eigenvalue weighted by Gasteiger charge is -2.07. The molecule has 5 heteroatoms. The van der Waals surface area contributed by atoms with Crippen LogP contribution in [0.2, 0.25) is 0 Å². The Bertz CT molecular complexity index is 703. The number of esters is 1. The molecule has 2 heterocycles. The van der Waals surface area contributed by atoms with Crippen LogP contribution in [0.1, 0.15) is 28.0 Å². The summed E-state index contributed by atoms with van der Waals surface area (Å²) in [6.07, 6.45) is 4.15. The van der Waals surface area contributed by atoms with Gasteiger partial charge in [-0.15, -0.1) is 0 Å². The fourth-order valence-corrected chi connectivity index (χ4v) is 2.40. The first-order chi connectivity index (χ1) is 8.72. The van der Waals surface area contributed by atoms with E-state index in [4.69, 9.17) is 4.74 Å². The molecule has 1 aliphatic carbocycles. The predicted molar refractivity (Wildman–Crippen MR) is 64.8 cm³/mol. The second-order valence-electron chi connectivity index (χ2n) is 4.30. The monoisotopic (exact) mass is 244 g/mol. The third-order valence-electron chi connectivity index (χ3n) is 3.28. The molecule has 0 bridgehead atoms. The molecule has 2 aromatic heterocycles. The van der Waals surface area contributed by atoms with Gasteiger partial charge in [-0.1, -0.05) is 0 Å². The Hall–Kier alpha value is -2.17. The van der Waals surface area contributed by atoms with Crippen LogP contribution in [0.15, 0.2) is 23.1 Å². The van der Waals surface area contributed by atoms with E-state index in [0.717, 1.165) is 30.5 Å². The van der Waals surface area contributed by atoms with Crippen LogP contribution in [0.25, 0.3) is 5.65 Å². The molecule has 92 valence electrons. The topological polar surface area (TPSA) is 60.7 Å². The average molecular weight is 244 g/mol. The standard InChI is InChI=1S/C13H12N2O3/c1-18-13(17)9-5-3-7-15-11(9)14-10-6-2-4-8(10)12(15)16/h3,5,7H,2,4,6H2,1H3. The van der Waals surface area contributed by atoms with Gasteiger partial charge in [-0.3, -0.25) is 9.20 Å². The number of fused-ring (bicyclic) bond motifs is 2. The van der Waals surface area contributed by atoms with Gasteiger partial charge < -0.3 is 4.74 Å². The van der Waals surface area contributed by atoms with Crippen molar-refractivity contribution in [2.45, 2.75) is 19.3 Å². The summed E-state index contributed by atoms with van der Waals surface area (Å²) in [6.45, 7) is 0. The van der Waals surface area contributed by atoms with E-state index in [0.29, 0.717) is 11.2 Å². The van der Waals surface area contributed by atoms with E-state index in [2.05, 4.69) is 4.98 Å². The van der Waals surface area contributed by atoms with Crippen LogP contribution in [0.4, 0.5) is 0 Å². The Morgan fingerprint density at radius 1 is 1.44 bits per heavy atom. The van der Waals surface area contributed by atoms with E-state index < -0.39 is 5.97 Å². The fourth-order valence-electron chi connectivity index (χ4n) is 2.40. The molecular formula is C13H12N2O3. The molecule has 0 saturated carbocycles. The molecule has 0 amide bonds. The first kappa shape index (κ1) is 11.0. The minimum absolute atomic E-state index is 0.0711. The molecule has 0 aliphatic heterocycles. The van der Waals surface area contributed by atoms with Crippen molar-refractivity contribution < 1.29 is 9.53 Å². The molecule has 1 aliphatic rings. The van der Waals surface area contributed by atoms with Gasteiger partial charge >= 0.3 is 5.97 Å². The molecule has 0 fully saturated rings. The van der Waals surface area contributed by atoms with Gasteiger partial charge in [-0.2, -0.15) is 0 Å². The molecule has 0 radical (unpaired) electrons. The summed E-state index contributed by atoms with van der Waals surface area (Å²) in [4.78, 5) is 28.4. The largest absolute Gasteiger partial charge is 0.465 e. The van der Waals surface area contributed by atoms with Crippen molar-refractivity contribution >= 4 is 11.6 Å². The lowest BCUT2D eigenvalue weighted by molar-refractivity contribution is 0.0602. The van der Waals surface area contributed by atoms with Gasteiger partial charge in [0.15, 0.2) is 5.65 Å². The van der Waals surface area contributed by atoms with Crippen LogP contribution in [-0.2, 0) is 17.6 Å². The van der Waals surface area contributed by atoms with E-state index in [-0.39, 0.29) is 5.56 Å². The minimum atomic E-state index is -0.474. The molecule has 0 atom stereocenters. The van der Waals surface area contributed by atoms with Gasteiger partial charge in [0.2, 0.25) is 0 Å². The van der Waals surface area contributed by atoms with Crippen LogP contribution < -0.4 is 5.56 Å². The number of nitrogens with zero attached hydrogens (tertiary/aromatic N) is 2. The summed E-state index contributed by atoms with van der Waals surface area (Å²) in [5.41, 5.74) is 2.23. The Morgan fingerprint density at radius 3 is 3.06 bits per heavy atom. The maximum Gasteiger partial charge on any atom is 0.341 e. The van der Waals surface area contributed by atoms with Gasteiger partial charge in [-0.05, 0) is 31.4 Å². The number of methoxy groups -OCH3 is 1. The van der Waals surface area contributed by atoms with E-state index in [9.17, 15) is 9.59 Å². The maximum atomic E-state index is 12.3. The van der Waals surface area contributed by atoms with Crippen molar-refractivity contribution in [2.75, 3.05) is 7.11 Å². The van der Waals surface area contributed by atoms with Gasteiger partial charge in [0.1, 0.15) is 5.56 Å². The van der Waals surface area contributed by atoms with Crippen molar-refractivity contribution in [3.8, 4) is 0 Å². The first-order valence-electron chi connectivity index (χ1n) is 5.84. The number of aromatic nitrogens is 2. The average Bonchev–Trinajstić information content (AvgIpc) is 2.86. The molecule has 0 saturated heterocycles. The highest BCUT2D eigenvalue weighted by atomic mass is 16.5. The zero-order valence-corrected chi connectivity index (χ0v) is 9.97. The van der Waals surface area contributed by atoms with Crippen molar-refractivity contribution in [2.24, 2.45) is 0 Å². The Labute approximate surface area is 103 Å². The molecule has 2 aromatic rings. The van der Waals surface area contributed by atoms with E-state index >= 15 is 0 Å². The SMILES string of the molecule is COC(=O)c1cccn2c(=O)c3c(nc12)CCC3. The van der Waals surface area contributed by atoms with E-state index in [1.807, 2.05) is 0 Å². The normalized spacial score (nSPS) is 13.6. The number of hydrogen-bond donors (Lipinski definition) is 0. The number of pyridine rings is 1. The third kappa shape index (κ3) is 1.44. The molecule has 0 spiro atoms. The number of rotatable bonds is 1. The number of carbonyl (C=O) groups is 1. The Kier molecular flexibility index (Phi) is 2.40. The molecule has 18 heavy (non-hydrogen) atoms. The van der Waals surface area contributed by atoms with Gasteiger partial charge in [0.05, 0.1) is 12.8 Å². The zero-order chi connectivity index (χ0) is 12.7. The van der Waals surface area contributed by atoms with Crippen molar-refractivity contribution in [3.05, 3.63) is 45.5 Å². The van der Waals surface area contributed by atoms with Crippen LogP contribution in [-0.4, -0.2) is 22.5 Å². The lowest BCUT2D eigenvalue weighted by Crippen LogP contribution is -2.21. The van der Waals surface area contributed by atoms with Crippen molar-refractivity contribution in [3.63, 3.8) is 0 Å². The molecule has 0 unspecified atom stereocenters. The summed E-state index contributed by atoms with van der Waals surface area (Å²) in [5.74, 6) is -0.474. The van der Waals surface area contributed by atoms with Crippen LogP contribution in [0.3, 0.4) is 0 Å². The smallest absolute Gasteiger partial charge is 0.341 e. The summed E-state index contributed by atoms with van der Waals surface area (Å²) in [7, 11) is 1.32. The lowest BCUT2D eigenvalue weighted by atomic mass is 10.2. The molecule has 0 N–H and O–H groups in total. The highest BCUT2D eigenvalue weighted by Gasteiger charge is 2.20. The number of hydrogen-bond acceptors (Lipinski definition) is 4. The summed E-state index contributed by atoms with van der Waals surface area (Å²) >= 11 is 0. The summed E-state index contributed by atoms with van der Waals surface area (Å²) in [5, 5.41) is 0. The highest BCUT2D eigenvalue weighted by Crippen LogP contribution is 2.18. The maximum absolute atomic E-state index is 12.3. The molecule has 0 aromatic carbocycles. The van der Waals surface area contributed by atoms with Crippen molar-refractivity contribution in [1.29, 1.82) is 0 Å². The Morgan fingerprint density at radius 2 is 2.28 bits per heavy atom. The van der Waals surface area contributed by atoms with Gasteiger partial charge in [0, 0.05) is 11.8 Å². The third-order valence-corrected chi connectivity index (χ3v) is 3.28. The zero-order valence-electron chi connectivity index (χ0n) is 9.97. The predicted octanol–water partition coefficient (Wildman–Crippen LogP) is 0.970. The second-order valence-corrected chi connectivity index (χ2v) is 4.30. The van der Waals surface area contributed by atoms with Crippen LogP contribution in [0.5, 0.6) is 0 Å². The van der Waals surface area contributed by atoms with Gasteiger partial charge in [-0.25, -0.2) is 9.78 Å².